The number of anilines is 1. The number of hydrogen-bond donors (Lipinski definition) is 1. The molecule has 1 aliphatic heterocycles. The van der Waals surface area contributed by atoms with Gasteiger partial charge in [-0.3, -0.25) is 4.79 Å². The van der Waals surface area contributed by atoms with Gasteiger partial charge >= 0.3 is 6.18 Å². The summed E-state index contributed by atoms with van der Waals surface area (Å²) in [6.45, 7) is 2.24. The maximum absolute atomic E-state index is 12.8. The van der Waals surface area contributed by atoms with Crippen LogP contribution in [0.1, 0.15) is 17.5 Å². The van der Waals surface area contributed by atoms with Gasteiger partial charge < -0.3 is 4.90 Å². The van der Waals surface area contributed by atoms with E-state index < -0.39 is 26.7 Å². The van der Waals surface area contributed by atoms with E-state index in [1.807, 2.05) is 31.2 Å². The first kappa shape index (κ1) is 20.3. The monoisotopic (exact) mass is 412 g/mol. The van der Waals surface area contributed by atoms with E-state index in [1.165, 1.54) is 0 Å². The minimum Gasteiger partial charge on any atom is -0.312 e. The predicted octanol–water partition coefficient (Wildman–Crippen LogP) is 3.35. The standard InChI is InChI=1S/C19H19F3N2O3S/c1-13-5-7-16(8-6-13)24-12-14(9-18(24)25)11-23-28(26,27)17-4-2-3-15(10-17)19(20,21)22/h2-8,10,14,23H,9,11-12H2,1H3. The van der Waals surface area contributed by atoms with Crippen LogP contribution in [0.15, 0.2) is 53.4 Å². The van der Waals surface area contributed by atoms with Gasteiger partial charge in [-0.1, -0.05) is 23.8 Å². The number of benzene rings is 2. The third-order valence-electron chi connectivity index (χ3n) is 4.58. The highest BCUT2D eigenvalue weighted by Crippen LogP contribution is 2.30. The highest BCUT2D eigenvalue weighted by atomic mass is 32.2. The fourth-order valence-electron chi connectivity index (χ4n) is 3.04. The summed E-state index contributed by atoms with van der Waals surface area (Å²) >= 11 is 0. The smallest absolute Gasteiger partial charge is 0.312 e. The molecule has 3 rings (SSSR count). The van der Waals surface area contributed by atoms with E-state index in [4.69, 9.17) is 0 Å². The lowest BCUT2D eigenvalue weighted by atomic mass is 10.1. The molecule has 2 aromatic rings. The molecule has 1 aliphatic rings. The summed E-state index contributed by atoms with van der Waals surface area (Å²) in [5.74, 6) is -0.388. The van der Waals surface area contributed by atoms with Gasteiger partial charge in [-0.15, -0.1) is 0 Å². The van der Waals surface area contributed by atoms with Gasteiger partial charge in [0.2, 0.25) is 15.9 Å². The maximum Gasteiger partial charge on any atom is 0.416 e. The topological polar surface area (TPSA) is 66.5 Å². The summed E-state index contributed by atoms with van der Waals surface area (Å²) in [5.41, 5.74) is 0.761. The number of hydrogen-bond acceptors (Lipinski definition) is 3. The van der Waals surface area contributed by atoms with E-state index in [-0.39, 0.29) is 24.8 Å². The fraction of sp³-hybridized carbons (Fsp3) is 0.316. The van der Waals surface area contributed by atoms with E-state index in [0.29, 0.717) is 12.6 Å². The van der Waals surface area contributed by atoms with Gasteiger partial charge in [0.1, 0.15) is 0 Å². The summed E-state index contributed by atoms with van der Waals surface area (Å²) in [4.78, 5) is 13.4. The van der Waals surface area contributed by atoms with Crippen molar-refractivity contribution in [3.05, 3.63) is 59.7 Å². The van der Waals surface area contributed by atoms with Crippen LogP contribution in [0.3, 0.4) is 0 Å². The molecule has 1 heterocycles. The van der Waals surface area contributed by atoms with E-state index >= 15 is 0 Å². The molecule has 28 heavy (non-hydrogen) atoms. The number of nitrogens with zero attached hydrogens (tertiary/aromatic N) is 1. The Bertz CT molecular complexity index is 973. The Morgan fingerprint density at radius 2 is 1.82 bits per heavy atom. The number of rotatable bonds is 5. The minimum atomic E-state index is -4.63. The molecule has 0 aromatic heterocycles. The van der Waals surface area contributed by atoms with E-state index in [0.717, 1.165) is 29.4 Å². The number of halogens is 3. The number of alkyl halides is 3. The van der Waals surface area contributed by atoms with Crippen molar-refractivity contribution in [2.45, 2.75) is 24.4 Å². The highest BCUT2D eigenvalue weighted by molar-refractivity contribution is 7.89. The fourth-order valence-corrected chi connectivity index (χ4v) is 4.20. The molecule has 1 unspecified atom stereocenters. The predicted molar refractivity (Wildman–Crippen MR) is 98.3 cm³/mol. The van der Waals surface area contributed by atoms with Crippen molar-refractivity contribution >= 4 is 21.6 Å². The number of nitrogens with one attached hydrogen (secondary N) is 1. The van der Waals surface area contributed by atoms with Crippen molar-refractivity contribution < 1.29 is 26.4 Å². The average molecular weight is 412 g/mol. The zero-order valence-electron chi connectivity index (χ0n) is 15.0. The van der Waals surface area contributed by atoms with Gasteiger partial charge in [-0.25, -0.2) is 13.1 Å². The molecular weight excluding hydrogens is 393 g/mol. The van der Waals surface area contributed by atoms with Crippen molar-refractivity contribution in [2.75, 3.05) is 18.0 Å². The average Bonchev–Trinajstić information content (AvgIpc) is 3.01. The van der Waals surface area contributed by atoms with E-state index in [2.05, 4.69) is 4.72 Å². The van der Waals surface area contributed by atoms with Gasteiger partial charge in [-0.2, -0.15) is 13.2 Å². The van der Waals surface area contributed by atoms with E-state index in [1.54, 1.807) is 4.90 Å². The largest absolute Gasteiger partial charge is 0.416 e. The second-order valence-electron chi connectivity index (χ2n) is 6.79. The van der Waals surface area contributed by atoms with Crippen LogP contribution in [0, 0.1) is 12.8 Å². The SMILES string of the molecule is Cc1ccc(N2CC(CNS(=O)(=O)c3cccc(C(F)(F)F)c3)CC2=O)cc1. The summed E-state index contributed by atoms with van der Waals surface area (Å²) in [7, 11) is -4.12. The summed E-state index contributed by atoms with van der Waals surface area (Å²) in [6.07, 6.45) is -4.46. The molecule has 0 aliphatic carbocycles. The Balaban J connectivity index is 1.67. The zero-order chi connectivity index (χ0) is 20.5. The van der Waals surface area contributed by atoms with Gasteiger partial charge in [0.05, 0.1) is 10.5 Å². The van der Waals surface area contributed by atoms with Gasteiger partial charge in [0.25, 0.3) is 0 Å². The van der Waals surface area contributed by atoms with Crippen LogP contribution in [-0.4, -0.2) is 27.4 Å². The van der Waals surface area contributed by atoms with Crippen molar-refractivity contribution in [1.82, 2.24) is 4.72 Å². The van der Waals surface area contributed by atoms with Crippen molar-refractivity contribution in [2.24, 2.45) is 5.92 Å². The second-order valence-corrected chi connectivity index (χ2v) is 8.55. The third-order valence-corrected chi connectivity index (χ3v) is 6.01. The first-order valence-electron chi connectivity index (χ1n) is 8.60. The Hall–Kier alpha value is -2.39. The second kappa shape index (κ2) is 7.56. The van der Waals surface area contributed by atoms with Crippen LogP contribution in [0.4, 0.5) is 18.9 Å². The number of amides is 1. The normalized spacial score (nSPS) is 17.9. The molecule has 9 heteroatoms. The molecule has 1 fully saturated rings. The molecule has 0 saturated carbocycles. The lowest BCUT2D eigenvalue weighted by Gasteiger charge is -2.17. The highest BCUT2D eigenvalue weighted by Gasteiger charge is 2.33. The Labute approximate surface area is 161 Å². The van der Waals surface area contributed by atoms with Gasteiger partial charge in [-0.05, 0) is 43.2 Å². The first-order valence-corrected chi connectivity index (χ1v) is 10.1. The minimum absolute atomic E-state index is 0.0350. The summed E-state index contributed by atoms with van der Waals surface area (Å²) in [6, 6.07) is 11.0. The van der Waals surface area contributed by atoms with Crippen LogP contribution in [-0.2, 0) is 21.0 Å². The van der Waals surface area contributed by atoms with Crippen LogP contribution >= 0.6 is 0 Å². The van der Waals surface area contributed by atoms with Crippen LogP contribution in [0.5, 0.6) is 0 Å². The van der Waals surface area contributed by atoms with Crippen LogP contribution in [0.2, 0.25) is 0 Å². The third kappa shape index (κ3) is 4.53. The molecule has 1 amide bonds. The number of aryl methyl sites for hydroxylation is 1. The van der Waals surface area contributed by atoms with Crippen LogP contribution in [0.25, 0.3) is 0 Å². The van der Waals surface area contributed by atoms with Gasteiger partial charge in [0.15, 0.2) is 0 Å². The van der Waals surface area contributed by atoms with Gasteiger partial charge in [0, 0.05) is 25.2 Å². The number of carbonyl (C=O) groups excluding carboxylic acids is 1. The van der Waals surface area contributed by atoms with Crippen molar-refractivity contribution in [1.29, 1.82) is 0 Å². The molecular formula is C19H19F3N2O3S. The lowest BCUT2D eigenvalue weighted by molar-refractivity contribution is -0.137. The molecule has 2 aromatic carbocycles. The molecule has 150 valence electrons. The quantitative estimate of drug-likeness (QED) is 0.819. The van der Waals surface area contributed by atoms with E-state index in [9.17, 15) is 26.4 Å². The first-order chi connectivity index (χ1) is 13.1. The molecule has 1 N–H and O–H groups in total. The van der Waals surface area contributed by atoms with Crippen LogP contribution < -0.4 is 9.62 Å². The Morgan fingerprint density at radius 1 is 1.14 bits per heavy atom. The zero-order valence-corrected chi connectivity index (χ0v) is 15.8. The summed E-state index contributed by atoms with van der Waals surface area (Å²) < 4.78 is 65.5. The molecule has 0 spiro atoms. The lowest BCUT2D eigenvalue weighted by Crippen LogP contribution is -2.31. The molecule has 0 radical (unpaired) electrons. The Kier molecular flexibility index (Phi) is 5.49. The van der Waals surface area contributed by atoms with Crippen molar-refractivity contribution in [3.63, 3.8) is 0 Å². The number of carbonyl (C=O) groups is 1. The number of sulfonamides is 1. The summed E-state index contributed by atoms with van der Waals surface area (Å²) in [5, 5.41) is 0. The molecule has 1 saturated heterocycles. The Morgan fingerprint density at radius 3 is 2.46 bits per heavy atom. The molecule has 5 nitrogen and oxygen atoms in total. The maximum atomic E-state index is 12.8. The molecule has 0 bridgehead atoms. The van der Waals surface area contributed by atoms with Crippen molar-refractivity contribution in [3.8, 4) is 0 Å². The molecule has 1 atom stereocenters.